The van der Waals surface area contributed by atoms with Gasteiger partial charge in [0, 0.05) is 42.3 Å². The summed E-state index contributed by atoms with van der Waals surface area (Å²) in [5, 5.41) is 5.49. The summed E-state index contributed by atoms with van der Waals surface area (Å²) in [4.78, 5) is 23.6. The number of carbonyl (C=O) groups excluding carboxylic acids is 2. The molecule has 1 rings (SSSR count). The van der Waals surface area contributed by atoms with Gasteiger partial charge in [0.05, 0.1) is 14.2 Å². The van der Waals surface area contributed by atoms with Crippen LogP contribution in [0.3, 0.4) is 0 Å². The van der Waals surface area contributed by atoms with E-state index in [4.69, 9.17) is 9.47 Å². The molecule has 0 aliphatic rings. The molecule has 1 aromatic rings. The number of hydrogen-bond acceptors (Lipinski definition) is 4. The van der Waals surface area contributed by atoms with E-state index in [1.807, 2.05) is 20.8 Å². The maximum absolute atomic E-state index is 11.9. The van der Waals surface area contributed by atoms with Gasteiger partial charge in [0.25, 0.3) is 0 Å². The molecule has 0 saturated heterocycles. The molecular weight excluding hydrogens is 284 g/mol. The van der Waals surface area contributed by atoms with Gasteiger partial charge in [0.1, 0.15) is 11.5 Å². The normalized spacial score (nSPS) is 10.8. The van der Waals surface area contributed by atoms with Crippen LogP contribution in [0.5, 0.6) is 11.5 Å². The number of rotatable bonds is 6. The Labute approximate surface area is 131 Å². The average Bonchev–Trinajstić information content (AvgIpc) is 2.45. The van der Waals surface area contributed by atoms with Gasteiger partial charge < -0.3 is 20.1 Å². The van der Waals surface area contributed by atoms with Crippen molar-refractivity contribution in [3.05, 3.63) is 18.2 Å². The SMILES string of the molecule is COc1cc(NC(=O)CCNC(=O)C(C)(C)C)cc(OC)c1. The Morgan fingerprint density at radius 1 is 1.05 bits per heavy atom. The standard InChI is InChI=1S/C16H24N2O4/c1-16(2,3)15(20)17-7-6-14(19)18-11-8-12(21-4)10-13(9-11)22-5/h8-10H,6-7H2,1-5H3,(H,17,20)(H,18,19). The number of carbonyl (C=O) groups is 2. The lowest BCUT2D eigenvalue weighted by atomic mass is 9.96. The summed E-state index contributed by atoms with van der Waals surface area (Å²) < 4.78 is 10.3. The van der Waals surface area contributed by atoms with E-state index in [-0.39, 0.29) is 18.2 Å². The van der Waals surface area contributed by atoms with E-state index in [9.17, 15) is 9.59 Å². The van der Waals surface area contributed by atoms with E-state index in [0.29, 0.717) is 23.7 Å². The fourth-order valence-corrected chi connectivity index (χ4v) is 1.66. The quantitative estimate of drug-likeness (QED) is 0.844. The van der Waals surface area contributed by atoms with Crippen LogP contribution in [0.1, 0.15) is 27.2 Å². The number of hydrogen-bond donors (Lipinski definition) is 2. The van der Waals surface area contributed by atoms with Gasteiger partial charge in [-0.15, -0.1) is 0 Å². The van der Waals surface area contributed by atoms with Gasteiger partial charge in [-0.05, 0) is 0 Å². The zero-order chi connectivity index (χ0) is 16.8. The molecule has 0 radical (unpaired) electrons. The molecule has 0 heterocycles. The van der Waals surface area contributed by atoms with Crippen LogP contribution < -0.4 is 20.1 Å². The van der Waals surface area contributed by atoms with Crippen molar-refractivity contribution in [1.29, 1.82) is 0 Å². The molecule has 122 valence electrons. The third kappa shape index (κ3) is 5.63. The highest BCUT2D eigenvalue weighted by molar-refractivity contribution is 5.91. The lowest BCUT2D eigenvalue weighted by Crippen LogP contribution is -2.36. The van der Waals surface area contributed by atoms with Crippen LogP contribution in [-0.2, 0) is 9.59 Å². The highest BCUT2D eigenvalue weighted by Gasteiger charge is 2.20. The van der Waals surface area contributed by atoms with Gasteiger partial charge in [0.15, 0.2) is 0 Å². The fourth-order valence-electron chi connectivity index (χ4n) is 1.66. The Balaban J connectivity index is 2.53. The van der Waals surface area contributed by atoms with Crippen molar-refractivity contribution in [2.24, 2.45) is 5.41 Å². The van der Waals surface area contributed by atoms with Crippen LogP contribution in [0.25, 0.3) is 0 Å². The number of methoxy groups -OCH3 is 2. The van der Waals surface area contributed by atoms with Gasteiger partial charge in [-0.25, -0.2) is 0 Å². The molecular formula is C16H24N2O4. The van der Waals surface area contributed by atoms with Gasteiger partial charge in [-0.1, -0.05) is 20.8 Å². The van der Waals surface area contributed by atoms with Crippen molar-refractivity contribution in [2.45, 2.75) is 27.2 Å². The molecule has 1 aromatic carbocycles. The Morgan fingerprint density at radius 2 is 1.59 bits per heavy atom. The molecule has 2 amide bonds. The second-order valence-corrected chi connectivity index (χ2v) is 5.91. The third-order valence-corrected chi connectivity index (χ3v) is 2.95. The van der Waals surface area contributed by atoms with Crippen molar-refractivity contribution in [2.75, 3.05) is 26.1 Å². The van der Waals surface area contributed by atoms with Crippen molar-refractivity contribution < 1.29 is 19.1 Å². The number of nitrogens with one attached hydrogen (secondary N) is 2. The minimum atomic E-state index is -0.462. The topological polar surface area (TPSA) is 76.7 Å². The lowest BCUT2D eigenvalue weighted by molar-refractivity contribution is -0.128. The molecule has 6 nitrogen and oxygen atoms in total. The van der Waals surface area contributed by atoms with Crippen molar-refractivity contribution in [1.82, 2.24) is 5.32 Å². The molecule has 0 aliphatic carbocycles. The third-order valence-electron chi connectivity index (χ3n) is 2.95. The zero-order valence-electron chi connectivity index (χ0n) is 13.8. The van der Waals surface area contributed by atoms with Gasteiger partial charge in [-0.2, -0.15) is 0 Å². The summed E-state index contributed by atoms with van der Waals surface area (Å²) in [6, 6.07) is 5.13. The molecule has 0 fully saturated rings. The summed E-state index contributed by atoms with van der Waals surface area (Å²) >= 11 is 0. The summed E-state index contributed by atoms with van der Waals surface area (Å²) in [7, 11) is 3.09. The van der Waals surface area contributed by atoms with E-state index in [2.05, 4.69) is 10.6 Å². The van der Waals surface area contributed by atoms with Gasteiger partial charge in [0.2, 0.25) is 11.8 Å². The molecule has 0 aliphatic heterocycles. The lowest BCUT2D eigenvalue weighted by Gasteiger charge is -2.17. The maximum atomic E-state index is 11.9. The van der Waals surface area contributed by atoms with Crippen molar-refractivity contribution in [3.8, 4) is 11.5 Å². The van der Waals surface area contributed by atoms with Gasteiger partial charge >= 0.3 is 0 Å². The fraction of sp³-hybridized carbons (Fsp3) is 0.500. The maximum Gasteiger partial charge on any atom is 0.226 e. The number of ether oxygens (including phenoxy) is 2. The average molecular weight is 308 g/mol. The zero-order valence-corrected chi connectivity index (χ0v) is 13.8. The Kier molecular flexibility index (Phi) is 6.22. The number of benzene rings is 1. The first kappa shape index (κ1) is 17.8. The Bertz CT molecular complexity index is 513. The predicted octanol–water partition coefficient (Wildman–Crippen LogP) is 2.19. The molecule has 0 bridgehead atoms. The molecule has 2 N–H and O–H groups in total. The first-order chi connectivity index (χ1) is 10.3. The number of amides is 2. The summed E-state index contributed by atoms with van der Waals surface area (Å²) in [5.74, 6) is 0.916. The predicted molar refractivity (Wildman–Crippen MR) is 85.3 cm³/mol. The highest BCUT2D eigenvalue weighted by Crippen LogP contribution is 2.25. The summed E-state index contributed by atoms with van der Waals surface area (Å²) in [5.41, 5.74) is 0.125. The Morgan fingerprint density at radius 3 is 2.05 bits per heavy atom. The van der Waals surface area contributed by atoms with Crippen molar-refractivity contribution in [3.63, 3.8) is 0 Å². The second kappa shape index (κ2) is 7.68. The first-order valence-electron chi connectivity index (χ1n) is 7.07. The first-order valence-corrected chi connectivity index (χ1v) is 7.07. The van der Waals surface area contributed by atoms with E-state index < -0.39 is 5.41 Å². The van der Waals surface area contributed by atoms with E-state index in [1.54, 1.807) is 32.4 Å². The monoisotopic (exact) mass is 308 g/mol. The van der Waals surface area contributed by atoms with Crippen LogP contribution in [0.15, 0.2) is 18.2 Å². The Hall–Kier alpha value is -2.24. The summed E-state index contributed by atoms with van der Waals surface area (Å²) in [6.45, 7) is 5.77. The van der Waals surface area contributed by atoms with Crippen LogP contribution in [0, 0.1) is 5.41 Å². The molecule has 0 spiro atoms. The molecule has 0 atom stereocenters. The number of anilines is 1. The van der Waals surface area contributed by atoms with Crippen LogP contribution >= 0.6 is 0 Å². The van der Waals surface area contributed by atoms with Crippen molar-refractivity contribution >= 4 is 17.5 Å². The molecule has 0 unspecified atom stereocenters. The largest absolute Gasteiger partial charge is 0.497 e. The molecule has 0 aromatic heterocycles. The highest BCUT2D eigenvalue weighted by atomic mass is 16.5. The second-order valence-electron chi connectivity index (χ2n) is 5.91. The van der Waals surface area contributed by atoms with Crippen LogP contribution in [0.2, 0.25) is 0 Å². The van der Waals surface area contributed by atoms with E-state index in [1.165, 1.54) is 0 Å². The molecule has 22 heavy (non-hydrogen) atoms. The minimum absolute atomic E-state index is 0.0802. The molecule has 6 heteroatoms. The van der Waals surface area contributed by atoms with Crippen LogP contribution in [0.4, 0.5) is 5.69 Å². The smallest absolute Gasteiger partial charge is 0.226 e. The minimum Gasteiger partial charge on any atom is -0.497 e. The summed E-state index contributed by atoms with van der Waals surface area (Å²) in [6.07, 6.45) is 0.196. The van der Waals surface area contributed by atoms with E-state index >= 15 is 0 Å². The van der Waals surface area contributed by atoms with Crippen LogP contribution in [-0.4, -0.2) is 32.6 Å². The van der Waals surface area contributed by atoms with Gasteiger partial charge in [-0.3, -0.25) is 9.59 Å². The van der Waals surface area contributed by atoms with E-state index in [0.717, 1.165) is 0 Å². The molecule has 0 saturated carbocycles.